The summed E-state index contributed by atoms with van der Waals surface area (Å²) in [4.78, 5) is 26.5. The summed E-state index contributed by atoms with van der Waals surface area (Å²) in [5.74, 6) is 3.55. The van der Waals surface area contributed by atoms with Crippen molar-refractivity contribution in [1.82, 2.24) is 14.9 Å². The summed E-state index contributed by atoms with van der Waals surface area (Å²) in [6.45, 7) is 5.56. The molecule has 0 radical (unpaired) electrons. The van der Waals surface area contributed by atoms with Gasteiger partial charge in [-0.15, -0.1) is 0 Å². The Labute approximate surface area is 139 Å². The fraction of sp³-hybridized carbons (Fsp3) is 0.667. The van der Waals surface area contributed by atoms with Gasteiger partial charge in [-0.3, -0.25) is 9.00 Å². The van der Waals surface area contributed by atoms with Crippen molar-refractivity contribution in [3.8, 4) is 0 Å². The predicted molar refractivity (Wildman–Crippen MR) is 91.1 cm³/mol. The van der Waals surface area contributed by atoms with Crippen molar-refractivity contribution < 1.29 is 9.00 Å². The van der Waals surface area contributed by atoms with E-state index < -0.39 is 10.8 Å². The molecule has 0 aliphatic carbocycles. The minimum absolute atomic E-state index is 0.107. The van der Waals surface area contributed by atoms with Gasteiger partial charge in [0.25, 0.3) is 0 Å². The summed E-state index contributed by atoms with van der Waals surface area (Å²) in [5.41, 5.74) is 0. The van der Waals surface area contributed by atoms with Gasteiger partial charge in [0, 0.05) is 61.6 Å². The normalized spacial score (nSPS) is 26.3. The lowest BCUT2D eigenvalue weighted by molar-refractivity contribution is -0.129. The van der Waals surface area contributed by atoms with Crippen LogP contribution < -0.4 is 9.80 Å². The first-order chi connectivity index (χ1) is 11.0. The fourth-order valence-electron chi connectivity index (χ4n) is 2.98. The first kappa shape index (κ1) is 16.2. The van der Waals surface area contributed by atoms with Gasteiger partial charge in [-0.2, -0.15) is 0 Å². The van der Waals surface area contributed by atoms with Gasteiger partial charge in [0.1, 0.15) is 18.0 Å². The number of carbonyl (C=O) groups is 1. The van der Waals surface area contributed by atoms with Crippen molar-refractivity contribution in [3.63, 3.8) is 0 Å². The largest absolute Gasteiger partial charge is 0.355 e. The van der Waals surface area contributed by atoms with Crippen molar-refractivity contribution in [1.29, 1.82) is 0 Å². The van der Waals surface area contributed by atoms with E-state index >= 15 is 0 Å². The lowest BCUT2D eigenvalue weighted by atomic mass is 10.2. The Morgan fingerprint density at radius 3 is 2.65 bits per heavy atom. The summed E-state index contributed by atoms with van der Waals surface area (Å²) in [5, 5.41) is 0. The van der Waals surface area contributed by atoms with Crippen LogP contribution >= 0.6 is 0 Å². The maximum atomic E-state index is 11.9. The molecule has 1 aromatic rings. The van der Waals surface area contributed by atoms with E-state index in [0.717, 1.165) is 37.0 Å². The van der Waals surface area contributed by atoms with Crippen LogP contribution in [0.5, 0.6) is 0 Å². The molecule has 126 valence electrons. The second kappa shape index (κ2) is 6.82. The van der Waals surface area contributed by atoms with E-state index in [2.05, 4.69) is 21.8 Å². The van der Waals surface area contributed by atoms with E-state index in [0.29, 0.717) is 24.8 Å². The minimum atomic E-state index is -0.746. The van der Waals surface area contributed by atoms with Gasteiger partial charge >= 0.3 is 0 Å². The molecule has 0 spiro atoms. The summed E-state index contributed by atoms with van der Waals surface area (Å²) in [6.07, 6.45) is 1.56. The molecule has 7 nitrogen and oxygen atoms in total. The van der Waals surface area contributed by atoms with E-state index in [-0.39, 0.29) is 5.91 Å². The number of anilines is 2. The van der Waals surface area contributed by atoms with Crippen molar-refractivity contribution in [2.24, 2.45) is 5.92 Å². The van der Waals surface area contributed by atoms with Crippen molar-refractivity contribution in [3.05, 3.63) is 12.4 Å². The summed E-state index contributed by atoms with van der Waals surface area (Å²) in [7, 11) is 1.08. The van der Waals surface area contributed by atoms with Crippen LogP contribution in [0.2, 0.25) is 0 Å². The molecule has 1 amide bonds. The van der Waals surface area contributed by atoms with Crippen molar-refractivity contribution in [2.45, 2.75) is 6.92 Å². The Morgan fingerprint density at radius 2 is 1.91 bits per heavy atom. The number of likely N-dealkylation sites (N-methyl/N-ethyl adjacent to an activating group) is 1. The van der Waals surface area contributed by atoms with Crippen molar-refractivity contribution in [2.75, 3.05) is 61.1 Å². The molecule has 0 saturated carbocycles. The Kier molecular flexibility index (Phi) is 4.79. The SMILES string of the molecule is C[C@H]1CN(c2cc(N3CCN(C)C(=O)C3)ncn2)CC[S@](=O)C1. The van der Waals surface area contributed by atoms with Crippen LogP contribution in [0.3, 0.4) is 0 Å². The van der Waals surface area contributed by atoms with Gasteiger partial charge < -0.3 is 14.7 Å². The molecule has 3 heterocycles. The molecule has 23 heavy (non-hydrogen) atoms. The minimum Gasteiger partial charge on any atom is -0.355 e. The molecule has 2 atom stereocenters. The Balaban J connectivity index is 1.77. The fourth-order valence-corrected chi connectivity index (χ4v) is 4.31. The average molecular weight is 337 g/mol. The van der Waals surface area contributed by atoms with Gasteiger partial charge in [-0.25, -0.2) is 9.97 Å². The molecule has 0 aromatic carbocycles. The molecule has 2 fully saturated rings. The topological polar surface area (TPSA) is 69.6 Å². The summed E-state index contributed by atoms with van der Waals surface area (Å²) in [6, 6.07) is 1.94. The van der Waals surface area contributed by atoms with Gasteiger partial charge in [-0.1, -0.05) is 6.92 Å². The van der Waals surface area contributed by atoms with Gasteiger partial charge in [0.15, 0.2) is 0 Å². The second-order valence-electron chi connectivity index (χ2n) is 6.33. The van der Waals surface area contributed by atoms with Gasteiger partial charge in [-0.05, 0) is 5.92 Å². The Morgan fingerprint density at radius 1 is 1.17 bits per heavy atom. The molecule has 8 heteroatoms. The van der Waals surface area contributed by atoms with Crippen LogP contribution in [0.4, 0.5) is 11.6 Å². The quantitative estimate of drug-likeness (QED) is 0.754. The number of aromatic nitrogens is 2. The highest BCUT2D eigenvalue weighted by molar-refractivity contribution is 7.85. The van der Waals surface area contributed by atoms with E-state index in [4.69, 9.17) is 0 Å². The molecule has 2 aliphatic heterocycles. The van der Waals surface area contributed by atoms with E-state index in [9.17, 15) is 9.00 Å². The molecular weight excluding hydrogens is 314 g/mol. The molecule has 0 unspecified atom stereocenters. The van der Waals surface area contributed by atoms with E-state index in [1.807, 2.05) is 18.0 Å². The number of nitrogens with zero attached hydrogens (tertiary/aromatic N) is 5. The van der Waals surface area contributed by atoms with Crippen LogP contribution in [0.25, 0.3) is 0 Å². The zero-order valence-corrected chi connectivity index (χ0v) is 14.5. The maximum absolute atomic E-state index is 11.9. The summed E-state index contributed by atoms with van der Waals surface area (Å²) >= 11 is 0. The number of hydrogen-bond donors (Lipinski definition) is 0. The highest BCUT2D eigenvalue weighted by Crippen LogP contribution is 2.21. The molecule has 1 aromatic heterocycles. The third kappa shape index (κ3) is 3.80. The highest BCUT2D eigenvalue weighted by Gasteiger charge is 2.24. The standard InChI is InChI=1S/C15H23N5O2S/c1-12-8-20(5-6-23(22)10-12)14-7-13(16-11-17-14)19-4-3-18(2)15(21)9-19/h7,11-12H,3-6,8-10H2,1-2H3/t12-,23-/m0/s1. The molecule has 0 bridgehead atoms. The first-order valence-electron chi connectivity index (χ1n) is 7.94. The smallest absolute Gasteiger partial charge is 0.241 e. The van der Waals surface area contributed by atoms with E-state index in [1.165, 1.54) is 0 Å². The first-order valence-corrected chi connectivity index (χ1v) is 9.42. The second-order valence-corrected chi connectivity index (χ2v) is 7.95. The Bertz CT molecular complexity index is 611. The lowest BCUT2D eigenvalue weighted by Crippen LogP contribution is -2.48. The van der Waals surface area contributed by atoms with Gasteiger partial charge in [0.2, 0.25) is 5.91 Å². The van der Waals surface area contributed by atoms with Gasteiger partial charge in [0.05, 0.1) is 6.54 Å². The molecule has 3 rings (SSSR count). The zero-order valence-electron chi connectivity index (χ0n) is 13.6. The number of piperazine rings is 1. The van der Waals surface area contributed by atoms with E-state index in [1.54, 1.807) is 11.2 Å². The molecule has 2 aliphatic rings. The number of hydrogen-bond acceptors (Lipinski definition) is 6. The van der Waals surface area contributed by atoms with Crippen LogP contribution in [0.1, 0.15) is 6.92 Å². The average Bonchev–Trinajstić information content (AvgIpc) is 2.70. The molecule has 2 saturated heterocycles. The third-order valence-electron chi connectivity index (χ3n) is 4.33. The number of carbonyl (C=O) groups excluding carboxylic acids is 1. The van der Waals surface area contributed by atoms with Crippen molar-refractivity contribution >= 4 is 28.3 Å². The summed E-state index contributed by atoms with van der Waals surface area (Å²) < 4.78 is 11.9. The lowest BCUT2D eigenvalue weighted by Gasteiger charge is -2.33. The third-order valence-corrected chi connectivity index (χ3v) is 5.91. The van der Waals surface area contributed by atoms with Crippen LogP contribution in [0.15, 0.2) is 12.4 Å². The van der Waals surface area contributed by atoms with Crippen LogP contribution in [0, 0.1) is 5.92 Å². The number of amides is 1. The Hall–Kier alpha value is -1.70. The number of rotatable bonds is 2. The van der Waals surface area contributed by atoms with Crippen LogP contribution in [-0.4, -0.2) is 76.3 Å². The predicted octanol–water partition coefficient (Wildman–Crippen LogP) is -0.0402. The zero-order chi connectivity index (χ0) is 16.4. The monoisotopic (exact) mass is 337 g/mol. The van der Waals surface area contributed by atoms with Crippen LogP contribution in [-0.2, 0) is 15.6 Å². The molecular formula is C15H23N5O2S. The highest BCUT2D eigenvalue weighted by atomic mass is 32.2. The molecule has 0 N–H and O–H groups in total. The maximum Gasteiger partial charge on any atom is 0.241 e.